The maximum absolute atomic E-state index is 6.78. The predicted octanol–water partition coefficient (Wildman–Crippen LogP) is 2.12. The molecule has 11 aromatic rings. The normalized spacial score (nSPS) is 11.9. The van der Waals surface area contributed by atoms with Crippen LogP contribution in [0.15, 0.2) is 118 Å². The minimum Gasteiger partial charge on any atom is -0.455 e. The van der Waals surface area contributed by atoms with Gasteiger partial charge in [-0.05, 0) is 34.5 Å². The highest BCUT2D eigenvalue weighted by molar-refractivity contribution is 6.71. The van der Waals surface area contributed by atoms with Crippen molar-refractivity contribution in [1.29, 1.82) is 0 Å². The Morgan fingerprint density at radius 2 is 0.881 bits per heavy atom. The highest BCUT2D eigenvalue weighted by Crippen LogP contribution is 2.43. The lowest BCUT2D eigenvalue weighted by Crippen LogP contribution is -2.49. The Balaban J connectivity index is 1.22. The van der Waals surface area contributed by atoms with Gasteiger partial charge in [-0.3, -0.25) is 4.57 Å². The van der Waals surface area contributed by atoms with Gasteiger partial charge in [0, 0.05) is 43.7 Å². The molecule has 0 aliphatic heterocycles. The highest BCUT2D eigenvalue weighted by atomic mass is 16.3. The van der Waals surface area contributed by atoms with E-state index in [0.29, 0.717) is 55.7 Å². The van der Waals surface area contributed by atoms with Gasteiger partial charge < -0.3 is 8.83 Å². The number of fused-ring (bicyclic) bond motifs is 9. The van der Waals surface area contributed by atoms with Crippen molar-refractivity contribution in [2.24, 2.45) is 0 Å². The molecular formula is C45H18B8N4O2. The molecule has 11 rings (SSSR count). The first-order valence-electron chi connectivity index (χ1n) is 18.6. The molecule has 7 aromatic carbocycles. The summed E-state index contributed by atoms with van der Waals surface area (Å²) >= 11 is 0. The molecule has 0 amide bonds. The van der Waals surface area contributed by atoms with E-state index in [4.69, 9.17) is 86.6 Å². The van der Waals surface area contributed by atoms with Gasteiger partial charge in [-0.1, -0.05) is 113 Å². The average Bonchev–Trinajstić information content (AvgIpc) is 3.97. The van der Waals surface area contributed by atoms with Crippen molar-refractivity contribution in [3.05, 3.63) is 109 Å². The average molecular weight is 733 g/mol. The standard InChI is InChI=1S/C45H18B8N4O2/c46-31-29-30-32(47)34(49)36(51)38(53)40(30)57(39(29)37(52)35(50)33(31)48)45-55-43(19-9-2-1-3-10-19)54-44(56-45)25-16-7-15-24-28-21(12-8-18-27(28)59-42(24)25)23-14-6-13-22-20-11-4-5-17-26(20)58-41(22)23/h1-18H. The Bertz CT molecular complexity index is 3540. The molecular weight excluding hydrogens is 715 g/mol. The van der Waals surface area contributed by atoms with Crippen LogP contribution < -0.4 is 43.7 Å². The highest BCUT2D eigenvalue weighted by Gasteiger charge is 2.26. The molecule has 0 N–H and O–H groups in total. The van der Waals surface area contributed by atoms with Gasteiger partial charge in [-0.15, -0.1) is 21.9 Å². The quantitative estimate of drug-likeness (QED) is 0.260. The fourth-order valence-corrected chi connectivity index (χ4v) is 8.42. The fourth-order valence-electron chi connectivity index (χ4n) is 8.42. The smallest absolute Gasteiger partial charge is 0.238 e. The van der Waals surface area contributed by atoms with Crippen LogP contribution in [0.1, 0.15) is 0 Å². The lowest BCUT2D eigenvalue weighted by atomic mass is 9.63. The molecule has 0 spiro atoms. The van der Waals surface area contributed by atoms with E-state index in [2.05, 4.69) is 24.3 Å². The molecule has 254 valence electrons. The number of nitrogens with zero attached hydrogens (tertiary/aromatic N) is 4. The lowest BCUT2D eigenvalue weighted by molar-refractivity contribution is 0.669. The second-order valence-corrected chi connectivity index (χ2v) is 14.5. The van der Waals surface area contributed by atoms with Crippen LogP contribution in [0.25, 0.3) is 106 Å². The third kappa shape index (κ3) is 5.02. The van der Waals surface area contributed by atoms with Crippen LogP contribution in [-0.2, 0) is 0 Å². The van der Waals surface area contributed by atoms with Crippen molar-refractivity contribution in [1.82, 2.24) is 19.5 Å². The number of furan rings is 2. The van der Waals surface area contributed by atoms with Gasteiger partial charge in [0.1, 0.15) is 85.1 Å². The summed E-state index contributed by atoms with van der Waals surface area (Å²) in [6, 6.07) is 35.6. The Labute approximate surface area is 348 Å². The maximum atomic E-state index is 6.78. The zero-order chi connectivity index (χ0) is 40.4. The molecule has 0 bridgehead atoms. The van der Waals surface area contributed by atoms with Gasteiger partial charge in [0.25, 0.3) is 0 Å². The molecule has 59 heavy (non-hydrogen) atoms. The number of hydrogen-bond donors (Lipinski definition) is 0. The number of benzene rings is 7. The third-order valence-corrected chi connectivity index (χ3v) is 11.3. The van der Waals surface area contributed by atoms with E-state index >= 15 is 0 Å². The summed E-state index contributed by atoms with van der Waals surface area (Å²) in [6.45, 7) is 0. The molecule has 0 aliphatic rings. The summed E-state index contributed by atoms with van der Waals surface area (Å²) in [5.41, 5.74) is 7.42. The van der Waals surface area contributed by atoms with E-state index in [1.807, 2.05) is 84.9 Å². The molecule has 0 atom stereocenters. The summed E-state index contributed by atoms with van der Waals surface area (Å²) in [6.07, 6.45) is 0. The van der Waals surface area contributed by atoms with E-state index in [1.165, 1.54) is 0 Å². The minimum atomic E-state index is 0.0656. The number of hydrogen-bond acceptors (Lipinski definition) is 5. The van der Waals surface area contributed by atoms with Gasteiger partial charge in [-0.2, -0.15) is 9.97 Å². The molecule has 0 unspecified atom stereocenters. The summed E-state index contributed by atoms with van der Waals surface area (Å²) < 4.78 is 14.8. The first-order chi connectivity index (χ1) is 28.6. The summed E-state index contributed by atoms with van der Waals surface area (Å²) in [5.74, 6) is 0.750. The summed E-state index contributed by atoms with van der Waals surface area (Å²) in [4.78, 5) is 15.2. The first-order valence-corrected chi connectivity index (χ1v) is 18.6. The van der Waals surface area contributed by atoms with Crippen LogP contribution >= 0.6 is 0 Å². The number of aromatic nitrogens is 4. The van der Waals surface area contributed by atoms with Gasteiger partial charge in [0.05, 0.1) is 5.56 Å². The maximum Gasteiger partial charge on any atom is 0.238 e. The van der Waals surface area contributed by atoms with Crippen molar-refractivity contribution >= 4 is 172 Å². The third-order valence-electron chi connectivity index (χ3n) is 11.3. The molecule has 0 aliphatic carbocycles. The van der Waals surface area contributed by atoms with Gasteiger partial charge in [-0.25, -0.2) is 4.98 Å². The molecule has 16 radical (unpaired) electrons. The van der Waals surface area contributed by atoms with Crippen LogP contribution in [0.5, 0.6) is 0 Å². The molecule has 0 saturated carbocycles. The molecule has 6 nitrogen and oxygen atoms in total. The SMILES string of the molecule is [B]c1c([B])c([B])c2c(c1[B])c1c([B])c([B])c([B])c([B])c1n2-c1nc(-c2ccccc2)nc(-c2cccc3c2oc2cccc(-c4cccc5c4oc4ccccc45)c23)n1. The Kier molecular flexibility index (Phi) is 7.84. The number of para-hydroxylation sites is 3. The molecule has 4 aromatic heterocycles. The predicted molar refractivity (Wildman–Crippen MR) is 248 cm³/mol. The van der Waals surface area contributed by atoms with Crippen LogP contribution in [0.4, 0.5) is 0 Å². The van der Waals surface area contributed by atoms with Gasteiger partial charge in [0.2, 0.25) is 5.95 Å². The van der Waals surface area contributed by atoms with E-state index < -0.39 is 0 Å². The largest absolute Gasteiger partial charge is 0.455 e. The van der Waals surface area contributed by atoms with Gasteiger partial charge in [0.15, 0.2) is 11.6 Å². The Morgan fingerprint density at radius 1 is 0.373 bits per heavy atom. The van der Waals surface area contributed by atoms with E-state index in [1.54, 1.807) is 4.57 Å². The lowest BCUT2D eigenvalue weighted by Gasteiger charge is -2.17. The number of rotatable bonds is 4. The van der Waals surface area contributed by atoms with Gasteiger partial charge >= 0.3 is 0 Å². The minimum absolute atomic E-state index is 0.0656. The molecule has 4 heterocycles. The van der Waals surface area contributed by atoms with E-state index in [-0.39, 0.29) is 49.7 Å². The second kappa shape index (κ2) is 13.0. The van der Waals surface area contributed by atoms with Crippen molar-refractivity contribution < 1.29 is 8.83 Å². The molecule has 14 heteroatoms. The van der Waals surface area contributed by atoms with Crippen molar-refractivity contribution in [3.63, 3.8) is 0 Å². The zero-order valence-corrected chi connectivity index (χ0v) is 31.1. The Morgan fingerprint density at radius 3 is 1.59 bits per heavy atom. The summed E-state index contributed by atoms with van der Waals surface area (Å²) in [5, 5.41) is 4.57. The summed E-state index contributed by atoms with van der Waals surface area (Å²) in [7, 11) is 52.7. The topological polar surface area (TPSA) is 69.9 Å². The molecule has 0 fully saturated rings. The fraction of sp³-hybridized carbons (Fsp3) is 0. The van der Waals surface area contributed by atoms with Crippen LogP contribution in [0.2, 0.25) is 0 Å². The molecule has 0 saturated heterocycles. The first kappa shape index (κ1) is 35.6. The van der Waals surface area contributed by atoms with Crippen molar-refractivity contribution in [3.8, 4) is 39.9 Å². The van der Waals surface area contributed by atoms with Crippen LogP contribution in [0.3, 0.4) is 0 Å². The Hall–Kier alpha value is -6.53. The van der Waals surface area contributed by atoms with E-state index in [0.717, 1.165) is 43.8 Å². The zero-order valence-electron chi connectivity index (χ0n) is 31.1. The van der Waals surface area contributed by atoms with Crippen molar-refractivity contribution in [2.75, 3.05) is 0 Å². The second-order valence-electron chi connectivity index (χ2n) is 14.5. The van der Waals surface area contributed by atoms with Crippen LogP contribution in [0, 0.1) is 0 Å². The van der Waals surface area contributed by atoms with Crippen molar-refractivity contribution in [2.45, 2.75) is 0 Å². The van der Waals surface area contributed by atoms with Crippen LogP contribution in [-0.4, -0.2) is 82.3 Å². The van der Waals surface area contributed by atoms with E-state index in [9.17, 15) is 0 Å². The monoisotopic (exact) mass is 734 g/mol.